The lowest BCUT2D eigenvalue weighted by Gasteiger charge is -2.09. The molecule has 0 aliphatic carbocycles. The minimum absolute atomic E-state index is 0.209. The topological polar surface area (TPSA) is 67.2 Å². The number of aromatic nitrogens is 2. The Morgan fingerprint density at radius 2 is 2.17 bits per heavy atom. The van der Waals surface area contributed by atoms with Gasteiger partial charge in [-0.25, -0.2) is 4.79 Å². The third kappa shape index (κ3) is 2.38. The van der Waals surface area contributed by atoms with Crippen LogP contribution in [-0.4, -0.2) is 20.9 Å². The van der Waals surface area contributed by atoms with Crippen LogP contribution in [0.3, 0.4) is 0 Å². The summed E-state index contributed by atoms with van der Waals surface area (Å²) in [4.78, 5) is 11.2. The zero-order valence-electron chi connectivity index (χ0n) is 9.94. The third-order valence-corrected chi connectivity index (χ3v) is 3.17. The second-order valence-electron chi connectivity index (χ2n) is 3.89. The molecular formula is C12H12BrN3O2. The number of anilines is 2. The molecule has 5 nitrogen and oxygen atoms in total. The van der Waals surface area contributed by atoms with Crippen LogP contribution in [-0.2, 0) is 7.05 Å². The number of benzene rings is 1. The largest absolute Gasteiger partial charge is 0.478 e. The Hall–Kier alpha value is -1.82. The Morgan fingerprint density at radius 1 is 1.44 bits per heavy atom. The molecule has 0 aliphatic heterocycles. The molecule has 0 saturated carbocycles. The molecule has 18 heavy (non-hydrogen) atoms. The Kier molecular flexibility index (Phi) is 3.38. The van der Waals surface area contributed by atoms with Gasteiger partial charge in [0.2, 0.25) is 0 Å². The molecule has 1 aromatic carbocycles. The van der Waals surface area contributed by atoms with Gasteiger partial charge in [0.25, 0.3) is 0 Å². The van der Waals surface area contributed by atoms with Crippen molar-refractivity contribution in [2.75, 3.05) is 5.32 Å². The molecule has 2 rings (SSSR count). The van der Waals surface area contributed by atoms with E-state index < -0.39 is 5.97 Å². The van der Waals surface area contributed by atoms with E-state index in [0.29, 0.717) is 10.2 Å². The summed E-state index contributed by atoms with van der Waals surface area (Å²) in [5, 5.41) is 16.5. The van der Waals surface area contributed by atoms with Crippen molar-refractivity contribution in [3.63, 3.8) is 0 Å². The van der Waals surface area contributed by atoms with E-state index in [1.54, 1.807) is 22.9 Å². The van der Waals surface area contributed by atoms with Crippen LogP contribution in [0.25, 0.3) is 0 Å². The summed E-state index contributed by atoms with van der Waals surface area (Å²) in [6, 6.07) is 5.20. The van der Waals surface area contributed by atoms with Gasteiger partial charge < -0.3 is 10.4 Å². The molecule has 0 aliphatic rings. The van der Waals surface area contributed by atoms with Crippen LogP contribution in [0.2, 0.25) is 0 Å². The van der Waals surface area contributed by atoms with Gasteiger partial charge in [-0.1, -0.05) is 6.07 Å². The average Bonchev–Trinajstić information content (AvgIpc) is 2.57. The van der Waals surface area contributed by atoms with Gasteiger partial charge in [-0.3, -0.25) is 4.68 Å². The third-order valence-electron chi connectivity index (χ3n) is 2.51. The monoisotopic (exact) mass is 309 g/mol. The summed E-state index contributed by atoms with van der Waals surface area (Å²) in [7, 11) is 1.82. The molecule has 1 heterocycles. The Labute approximate surface area is 113 Å². The summed E-state index contributed by atoms with van der Waals surface area (Å²) in [5.41, 5.74) is 2.35. The highest BCUT2D eigenvalue weighted by molar-refractivity contribution is 9.10. The molecule has 0 amide bonds. The van der Waals surface area contributed by atoms with Crippen molar-refractivity contribution >= 4 is 33.3 Å². The molecule has 1 aromatic heterocycles. The number of rotatable bonds is 3. The summed E-state index contributed by atoms with van der Waals surface area (Å²) in [5.74, 6) is -0.980. The lowest BCUT2D eigenvalue weighted by atomic mass is 10.1. The van der Waals surface area contributed by atoms with Crippen molar-refractivity contribution in [1.29, 1.82) is 0 Å². The first-order valence-corrected chi connectivity index (χ1v) is 6.07. The predicted molar refractivity (Wildman–Crippen MR) is 72.3 cm³/mol. The van der Waals surface area contributed by atoms with Gasteiger partial charge in [-0.05, 0) is 35.0 Å². The molecule has 6 heteroatoms. The maximum atomic E-state index is 11.2. The zero-order valence-corrected chi connectivity index (χ0v) is 11.5. The van der Waals surface area contributed by atoms with E-state index in [-0.39, 0.29) is 5.56 Å². The molecular weight excluding hydrogens is 298 g/mol. The van der Waals surface area contributed by atoms with Gasteiger partial charge >= 0.3 is 5.97 Å². The number of nitrogens with zero attached hydrogens (tertiary/aromatic N) is 2. The summed E-state index contributed by atoms with van der Waals surface area (Å²) >= 11 is 3.24. The SMILES string of the molecule is Cc1nn(C)cc1Nc1cccc(Br)c1C(=O)O. The van der Waals surface area contributed by atoms with Crippen LogP contribution in [0, 0.1) is 6.92 Å². The average molecular weight is 310 g/mol. The van der Waals surface area contributed by atoms with Crippen LogP contribution < -0.4 is 5.32 Å². The molecule has 2 N–H and O–H groups in total. The molecule has 0 bridgehead atoms. The highest BCUT2D eigenvalue weighted by Gasteiger charge is 2.15. The van der Waals surface area contributed by atoms with Gasteiger partial charge in [0, 0.05) is 17.7 Å². The Bertz CT molecular complexity index is 607. The van der Waals surface area contributed by atoms with Crippen molar-refractivity contribution < 1.29 is 9.90 Å². The molecule has 0 saturated heterocycles. The number of hydrogen-bond acceptors (Lipinski definition) is 3. The van der Waals surface area contributed by atoms with Crippen LogP contribution in [0.1, 0.15) is 16.1 Å². The fourth-order valence-electron chi connectivity index (χ4n) is 1.71. The van der Waals surface area contributed by atoms with E-state index in [0.717, 1.165) is 11.4 Å². The van der Waals surface area contributed by atoms with E-state index in [9.17, 15) is 9.90 Å². The molecule has 0 atom stereocenters. The summed E-state index contributed by atoms with van der Waals surface area (Å²) in [6.45, 7) is 1.86. The second-order valence-corrected chi connectivity index (χ2v) is 4.75. The standard InChI is InChI=1S/C12H12BrN3O2/c1-7-10(6-16(2)15-7)14-9-5-3-4-8(13)11(9)12(17)18/h3-6,14H,1-2H3,(H,17,18). The van der Waals surface area contributed by atoms with Crippen LogP contribution in [0.5, 0.6) is 0 Å². The molecule has 0 fully saturated rings. The predicted octanol–water partition coefficient (Wildman–Crippen LogP) is 2.93. The number of carbonyl (C=O) groups is 1. The van der Waals surface area contributed by atoms with Crippen molar-refractivity contribution in [3.05, 3.63) is 40.1 Å². The maximum Gasteiger partial charge on any atom is 0.338 e. The number of halogens is 1. The maximum absolute atomic E-state index is 11.2. The van der Waals surface area contributed by atoms with Crippen molar-refractivity contribution in [3.8, 4) is 0 Å². The molecule has 0 unspecified atom stereocenters. The fraction of sp³-hybridized carbons (Fsp3) is 0.167. The van der Waals surface area contributed by atoms with Gasteiger partial charge in [-0.15, -0.1) is 0 Å². The number of nitrogens with one attached hydrogen (secondary N) is 1. The van der Waals surface area contributed by atoms with Gasteiger partial charge in [0.05, 0.1) is 22.6 Å². The molecule has 0 spiro atoms. The van der Waals surface area contributed by atoms with Crippen molar-refractivity contribution in [2.24, 2.45) is 7.05 Å². The minimum atomic E-state index is -0.980. The van der Waals surface area contributed by atoms with Crippen molar-refractivity contribution in [1.82, 2.24) is 9.78 Å². The number of hydrogen-bond donors (Lipinski definition) is 2. The number of carboxylic acid groups (broad SMARTS) is 1. The minimum Gasteiger partial charge on any atom is -0.478 e. The first kappa shape index (κ1) is 12.6. The Morgan fingerprint density at radius 3 is 2.72 bits per heavy atom. The quantitative estimate of drug-likeness (QED) is 0.914. The van der Waals surface area contributed by atoms with Gasteiger partial charge in [0.1, 0.15) is 0 Å². The van der Waals surface area contributed by atoms with Gasteiger partial charge in [0.15, 0.2) is 0 Å². The summed E-state index contributed by atoms with van der Waals surface area (Å²) in [6.07, 6.45) is 1.81. The van der Waals surface area contributed by atoms with Crippen molar-refractivity contribution in [2.45, 2.75) is 6.92 Å². The fourth-order valence-corrected chi connectivity index (χ4v) is 2.25. The molecule has 94 valence electrons. The van der Waals surface area contributed by atoms with Crippen LogP contribution in [0.15, 0.2) is 28.9 Å². The smallest absolute Gasteiger partial charge is 0.338 e. The number of carboxylic acids is 1. The zero-order chi connectivity index (χ0) is 13.3. The van der Waals surface area contributed by atoms with Crippen LogP contribution >= 0.6 is 15.9 Å². The normalized spacial score (nSPS) is 10.4. The lowest BCUT2D eigenvalue weighted by Crippen LogP contribution is -2.03. The van der Waals surface area contributed by atoms with E-state index in [1.165, 1.54) is 0 Å². The van der Waals surface area contributed by atoms with Crippen LogP contribution in [0.4, 0.5) is 11.4 Å². The highest BCUT2D eigenvalue weighted by Crippen LogP contribution is 2.28. The lowest BCUT2D eigenvalue weighted by molar-refractivity contribution is 0.0697. The summed E-state index contributed by atoms with van der Waals surface area (Å²) < 4.78 is 2.22. The van der Waals surface area contributed by atoms with E-state index in [4.69, 9.17) is 0 Å². The van der Waals surface area contributed by atoms with Gasteiger partial charge in [-0.2, -0.15) is 5.10 Å². The Balaban J connectivity index is 2.43. The number of aromatic carboxylic acids is 1. The molecule has 2 aromatic rings. The van der Waals surface area contributed by atoms with E-state index in [2.05, 4.69) is 26.3 Å². The molecule has 0 radical (unpaired) electrons. The first-order valence-electron chi connectivity index (χ1n) is 5.28. The highest BCUT2D eigenvalue weighted by atomic mass is 79.9. The first-order chi connectivity index (χ1) is 8.49. The van der Waals surface area contributed by atoms with E-state index >= 15 is 0 Å². The second kappa shape index (κ2) is 4.81. The number of aryl methyl sites for hydroxylation is 2. The van der Waals surface area contributed by atoms with E-state index in [1.807, 2.05) is 20.2 Å².